The van der Waals surface area contributed by atoms with Crippen molar-refractivity contribution in [2.45, 2.75) is 13.0 Å². The second-order valence-corrected chi connectivity index (χ2v) is 3.56. The second-order valence-electron chi connectivity index (χ2n) is 3.56. The number of halogens is 3. The smallest absolute Gasteiger partial charge is 0.195 e. The molecule has 3 N–H and O–H groups in total. The van der Waals surface area contributed by atoms with E-state index in [4.69, 9.17) is 5.73 Å². The van der Waals surface area contributed by atoms with E-state index >= 15 is 0 Å². The molecule has 0 fully saturated rings. The maximum absolute atomic E-state index is 13.4. The maximum Gasteiger partial charge on any atom is 0.195 e. The highest BCUT2D eigenvalue weighted by Gasteiger charge is 2.18. The van der Waals surface area contributed by atoms with E-state index in [2.05, 4.69) is 15.2 Å². The van der Waals surface area contributed by atoms with Crippen molar-refractivity contribution >= 4 is 0 Å². The first-order valence-corrected chi connectivity index (χ1v) is 4.82. The highest BCUT2D eigenvalue weighted by Crippen LogP contribution is 2.23. The minimum atomic E-state index is -1.55. The SMILES string of the molecule is CC(N)c1nc(-c2ccc(F)c(F)c2F)n[nH]1. The van der Waals surface area contributed by atoms with E-state index in [1.165, 1.54) is 0 Å². The molecule has 0 bridgehead atoms. The lowest BCUT2D eigenvalue weighted by Crippen LogP contribution is -2.06. The van der Waals surface area contributed by atoms with Gasteiger partial charge in [-0.25, -0.2) is 18.2 Å². The van der Waals surface area contributed by atoms with Gasteiger partial charge in [0.15, 0.2) is 23.3 Å². The Balaban J connectivity index is 2.49. The largest absolute Gasteiger partial charge is 0.322 e. The molecule has 0 aliphatic carbocycles. The van der Waals surface area contributed by atoms with Crippen LogP contribution in [0.3, 0.4) is 0 Å². The van der Waals surface area contributed by atoms with E-state index in [0.29, 0.717) is 5.82 Å². The molecule has 0 radical (unpaired) electrons. The van der Waals surface area contributed by atoms with Gasteiger partial charge in [0.25, 0.3) is 0 Å². The molecule has 0 saturated heterocycles. The topological polar surface area (TPSA) is 67.6 Å². The second kappa shape index (κ2) is 4.17. The van der Waals surface area contributed by atoms with Crippen molar-refractivity contribution in [3.8, 4) is 11.4 Å². The molecular weight excluding hydrogens is 233 g/mol. The number of nitrogens with one attached hydrogen (secondary N) is 1. The first-order valence-electron chi connectivity index (χ1n) is 4.82. The number of rotatable bonds is 2. The van der Waals surface area contributed by atoms with Crippen LogP contribution in [0.4, 0.5) is 13.2 Å². The van der Waals surface area contributed by atoms with Crippen molar-refractivity contribution in [2.24, 2.45) is 5.73 Å². The molecule has 2 aromatic rings. The highest BCUT2D eigenvalue weighted by atomic mass is 19.2. The summed E-state index contributed by atoms with van der Waals surface area (Å²) in [6, 6.07) is 1.47. The van der Waals surface area contributed by atoms with Gasteiger partial charge in [0.05, 0.1) is 11.6 Å². The Morgan fingerprint density at radius 1 is 1.24 bits per heavy atom. The van der Waals surface area contributed by atoms with Crippen molar-refractivity contribution in [1.29, 1.82) is 0 Å². The van der Waals surface area contributed by atoms with E-state index in [0.717, 1.165) is 12.1 Å². The van der Waals surface area contributed by atoms with Crippen LogP contribution in [0.1, 0.15) is 18.8 Å². The number of hydrogen-bond donors (Lipinski definition) is 2. The van der Waals surface area contributed by atoms with Crippen molar-refractivity contribution in [2.75, 3.05) is 0 Å². The zero-order chi connectivity index (χ0) is 12.6. The van der Waals surface area contributed by atoms with Gasteiger partial charge in [0, 0.05) is 0 Å². The van der Waals surface area contributed by atoms with E-state index in [-0.39, 0.29) is 11.4 Å². The fourth-order valence-electron chi connectivity index (χ4n) is 1.30. The van der Waals surface area contributed by atoms with Crippen molar-refractivity contribution in [1.82, 2.24) is 15.2 Å². The molecule has 1 heterocycles. The molecule has 0 spiro atoms. The van der Waals surface area contributed by atoms with E-state index < -0.39 is 23.5 Å². The molecule has 1 aromatic heterocycles. The number of hydrogen-bond acceptors (Lipinski definition) is 3. The summed E-state index contributed by atoms with van der Waals surface area (Å²) in [6.07, 6.45) is 0. The van der Waals surface area contributed by atoms with Gasteiger partial charge >= 0.3 is 0 Å². The van der Waals surface area contributed by atoms with Crippen molar-refractivity contribution in [3.63, 3.8) is 0 Å². The lowest BCUT2D eigenvalue weighted by Gasteiger charge is -2.00. The van der Waals surface area contributed by atoms with Crippen LogP contribution in [0.5, 0.6) is 0 Å². The van der Waals surface area contributed by atoms with Crippen LogP contribution in [0.25, 0.3) is 11.4 Å². The number of nitrogens with two attached hydrogens (primary N) is 1. The summed E-state index contributed by atoms with van der Waals surface area (Å²) in [5, 5.41) is 6.19. The summed E-state index contributed by atoms with van der Waals surface area (Å²) in [5.74, 6) is -3.85. The Morgan fingerprint density at radius 3 is 2.53 bits per heavy atom. The summed E-state index contributed by atoms with van der Waals surface area (Å²) in [5.41, 5.74) is 5.32. The molecule has 0 saturated carbocycles. The van der Waals surface area contributed by atoms with Gasteiger partial charge in [-0.1, -0.05) is 0 Å². The summed E-state index contributed by atoms with van der Waals surface area (Å²) in [4.78, 5) is 3.89. The van der Waals surface area contributed by atoms with Crippen LogP contribution in [0, 0.1) is 17.5 Å². The van der Waals surface area contributed by atoms with Gasteiger partial charge in [-0.05, 0) is 19.1 Å². The van der Waals surface area contributed by atoms with Gasteiger partial charge in [0.2, 0.25) is 0 Å². The Bertz CT molecular complexity index is 550. The first kappa shape index (κ1) is 11.6. The Kier molecular flexibility index (Phi) is 2.84. The van der Waals surface area contributed by atoms with Crippen molar-refractivity contribution in [3.05, 3.63) is 35.4 Å². The number of nitrogens with zero attached hydrogens (tertiary/aromatic N) is 2. The quantitative estimate of drug-likeness (QED) is 0.790. The molecule has 2 rings (SSSR count). The average Bonchev–Trinajstić information content (AvgIpc) is 2.75. The molecule has 17 heavy (non-hydrogen) atoms. The maximum atomic E-state index is 13.4. The van der Waals surface area contributed by atoms with Crippen LogP contribution < -0.4 is 5.73 Å². The highest BCUT2D eigenvalue weighted by molar-refractivity contribution is 5.55. The lowest BCUT2D eigenvalue weighted by molar-refractivity contribution is 0.448. The molecule has 1 atom stereocenters. The van der Waals surface area contributed by atoms with E-state index in [1.807, 2.05) is 0 Å². The summed E-state index contributed by atoms with van der Waals surface area (Å²) in [6.45, 7) is 1.66. The minimum Gasteiger partial charge on any atom is -0.322 e. The Labute approximate surface area is 94.7 Å². The first-order chi connectivity index (χ1) is 8.00. The third kappa shape index (κ3) is 2.01. The molecule has 0 aliphatic heterocycles. The summed E-state index contributed by atoms with van der Waals surface area (Å²) < 4.78 is 39.1. The number of aromatic nitrogens is 3. The van der Waals surface area contributed by atoms with Gasteiger partial charge in [0.1, 0.15) is 5.82 Å². The van der Waals surface area contributed by atoms with E-state index in [1.54, 1.807) is 6.92 Å². The summed E-state index contributed by atoms with van der Waals surface area (Å²) >= 11 is 0. The number of benzene rings is 1. The predicted molar refractivity (Wildman–Crippen MR) is 54.3 cm³/mol. The van der Waals surface area contributed by atoms with Crippen LogP contribution in [0.15, 0.2) is 12.1 Å². The third-order valence-electron chi connectivity index (χ3n) is 2.21. The zero-order valence-corrected chi connectivity index (χ0v) is 8.84. The van der Waals surface area contributed by atoms with Crippen LogP contribution in [-0.4, -0.2) is 15.2 Å². The fraction of sp³-hybridized carbons (Fsp3) is 0.200. The number of aromatic amines is 1. The van der Waals surface area contributed by atoms with Gasteiger partial charge in [-0.2, -0.15) is 5.10 Å². The molecule has 4 nitrogen and oxygen atoms in total. The normalized spacial score (nSPS) is 12.8. The third-order valence-corrected chi connectivity index (χ3v) is 2.21. The Morgan fingerprint density at radius 2 is 1.94 bits per heavy atom. The summed E-state index contributed by atoms with van der Waals surface area (Å²) in [7, 11) is 0. The molecule has 7 heteroatoms. The predicted octanol–water partition coefficient (Wildman–Crippen LogP) is 1.91. The van der Waals surface area contributed by atoms with Gasteiger partial charge in [-0.3, -0.25) is 5.10 Å². The molecule has 0 amide bonds. The van der Waals surface area contributed by atoms with Crippen molar-refractivity contribution < 1.29 is 13.2 Å². The van der Waals surface area contributed by atoms with Crippen LogP contribution in [-0.2, 0) is 0 Å². The fourth-order valence-corrected chi connectivity index (χ4v) is 1.30. The molecule has 1 unspecified atom stereocenters. The Hall–Kier alpha value is -1.89. The zero-order valence-electron chi connectivity index (χ0n) is 8.84. The molecule has 0 aliphatic rings. The van der Waals surface area contributed by atoms with Crippen LogP contribution >= 0.6 is 0 Å². The molecule has 90 valence electrons. The molecular formula is C10H9F3N4. The monoisotopic (exact) mass is 242 g/mol. The average molecular weight is 242 g/mol. The van der Waals surface area contributed by atoms with Gasteiger partial charge in [-0.15, -0.1) is 0 Å². The van der Waals surface area contributed by atoms with Gasteiger partial charge < -0.3 is 5.73 Å². The lowest BCUT2D eigenvalue weighted by atomic mass is 10.2. The van der Waals surface area contributed by atoms with Crippen LogP contribution in [0.2, 0.25) is 0 Å². The molecule has 1 aromatic carbocycles. The standard InChI is InChI=1S/C10H9F3N4/c1-4(14)9-15-10(17-16-9)5-2-3-6(11)8(13)7(5)12/h2-4H,14H2,1H3,(H,15,16,17). The number of H-pyrrole nitrogens is 1. The minimum absolute atomic E-state index is 0.0614. The van der Waals surface area contributed by atoms with E-state index in [9.17, 15) is 13.2 Å².